The van der Waals surface area contributed by atoms with Crippen molar-refractivity contribution in [2.75, 3.05) is 13.2 Å². The second-order valence-electron chi connectivity index (χ2n) is 6.31. The molecule has 0 saturated heterocycles. The van der Waals surface area contributed by atoms with E-state index in [0.29, 0.717) is 12.1 Å². The molecule has 1 aromatic carbocycles. The van der Waals surface area contributed by atoms with Crippen LogP contribution in [0.4, 0.5) is 0 Å². The number of hydrogen-bond donors (Lipinski definition) is 1. The monoisotopic (exact) mass is 273 g/mol. The molecule has 0 bridgehead atoms. The van der Waals surface area contributed by atoms with Crippen LogP contribution in [0.1, 0.15) is 56.2 Å². The lowest BCUT2D eigenvalue weighted by molar-refractivity contribution is 0.00642. The van der Waals surface area contributed by atoms with Crippen LogP contribution >= 0.6 is 0 Å². The Morgan fingerprint density at radius 3 is 2.75 bits per heavy atom. The van der Waals surface area contributed by atoms with E-state index in [1.54, 1.807) is 0 Å². The van der Waals surface area contributed by atoms with Gasteiger partial charge in [-0.25, -0.2) is 0 Å². The van der Waals surface area contributed by atoms with E-state index in [2.05, 4.69) is 36.5 Å². The molecule has 1 aromatic rings. The molecule has 2 nitrogen and oxygen atoms in total. The first-order valence-corrected chi connectivity index (χ1v) is 8.31. The van der Waals surface area contributed by atoms with Crippen molar-refractivity contribution in [3.8, 4) is 0 Å². The number of benzene rings is 1. The van der Waals surface area contributed by atoms with Gasteiger partial charge in [0.1, 0.15) is 0 Å². The molecule has 0 radical (unpaired) electrons. The fourth-order valence-electron chi connectivity index (χ4n) is 3.79. The Kier molecular flexibility index (Phi) is 4.74. The van der Waals surface area contributed by atoms with E-state index >= 15 is 0 Å². The van der Waals surface area contributed by atoms with Crippen molar-refractivity contribution in [3.05, 3.63) is 35.4 Å². The first kappa shape index (κ1) is 14.1. The largest absolute Gasteiger partial charge is 0.376 e. The van der Waals surface area contributed by atoms with E-state index in [1.807, 2.05) is 0 Å². The molecule has 1 N–H and O–H groups in total. The van der Waals surface area contributed by atoms with Gasteiger partial charge in [0.2, 0.25) is 0 Å². The molecule has 3 rings (SSSR count). The summed E-state index contributed by atoms with van der Waals surface area (Å²) >= 11 is 0. The van der Waals surface area contributed by atoms with Gasteiger partial charge >= 0.3 is 0 Å². The van der Waals surface area contributed by atoms with E-state index < -0.39 is 0 Å². The number of likely N-dealkylation sites (N-methyl/N-ethyl adjacent to an activating group) is 1. The first-order chi connectivity index (χ1) is 9.88. The van der Waals surface area contributed by atoms with Crippen molar-refractivity contribution in [3.63, 3.8) is 0 Å². The molecular weight excluding hydrogens is 246 g/mol. The van der Waals surface area contributed by atoms with Gasteiger partial charge in [-0.1, -0.05) is 50.5 Å². The summed E-state index contributed by atoms with van der Waals surface area (Å²) in [5.41, 5.74) is 2.91. The maximum Gasteiger partial charge on any atom is 0.0810 e. The average Bonchev–Trinajstić information content (AvgIpc) is 2.85. The number of rotatable bonds is 5. The Labute approximate surface area is 122 Å². The predicted octanol–water partition coefficient (Wildman–Crippen LogP) is 3.86. The van der Waals surface area contributed by atoms with Crippen molar-refractivity contribution in [1.29, 1.82) is 0 Å². The summed E-state index contributed by atoms with van der Waals surface area (Å²) in [7, 11) is 0. The SMILES string of the molecule is CCNC1c2ccccc2CC1OCC1CCCCC1. The van der Waals surface area contributed by atoms with Crippen molar-refractivity contribution < 1.29 is 4.74 Å². The molecule has 0 aliphatic heterocycles. The summed E-state index contributed by atoms with van der Waals surface area (Å²) in [6, 6.07) is 9.19. The number of fused-ring (bicyclic) bond motifs is 1. The lowest BCUT2D eigenvalue weighted by atomic mass is 9.90. The van der Waals surface area contributed by atoms with Crippen molar-refractivity contribution in [1.82, 2.24) is 5.32 Å². The Hall–Kier alpha value is -0.860. The topological polar surface area (TPSA) is 21.3 Å². The van der Waals surface area contributed by atoms with Gasteiger partial charge in [0.05, 0.1) is 12.1 Å². The highest BCUT2D eigenvalue weighted by atomic mass is 16.5. The number of ether oxygens (including phenoxy) is 1. The minimum Gasteiger partial charge on any atom is -0.376 e. The molecule has 0 heterocycles. The van der Waals surface area contributed by atoms with Crippen LogP contribution in [0.2, 0.25) is 0 Å². The van der Waals surface area contributed by atoms with Crippen molar-refractivity contribution in [2.24, 2.45) is 5.92 Å². The second-order valence-corrected chi connectivity index (χ2v) is 6.31. The number of hydrogen-bond acceptors (Lipinski definition) is 2. The summed E-state index contributed by atoms with van der Waals surface area (Å²) in [5.74, 6) is 0.801. The Morgan fingerprint density at radius 2 is 1.95 bits per heavy atom. The predicted molar refractivity (Wildman–Crippen MR) is 82.9 cm³/mol. The molecule has 20 heavy (non-hydrogen) atoms. The molecule has 2 atom stereocenters. The number of nitrogens with one attached hydrogen (secondary N) is 1. The third kappa shape index (κ3) is 3.07. The first-order valence-electron chi connectivity index (χ1n) is 8.31. The van der Waals surface area contributed by atoms with E-state index in [-0.39, 0.29) is 0 Å². The smallest absolute Gasteiger partial charge is 0.0810 e. The third-order valence-electron chi connectivity index (χ3n) is 4.88. The minimum absolute atomic E-state index is 0.328. The lowest BCUT2D eigenvalue weighted by Gasteiger charge is -2.26. The van der Waals surface area contributed by atoms with E-state index in [9.17, 15) is 0 Å². The van der Waals surface area contributed by atoms with Crippen LogP contribution in [0.5, 0.6) is 0 Å². The highest BCUT2D eigenvalue weighted by molar-refractivity contribution is 5.36. The second kappa shape index (κ2) is 6.73. The Balaban J connectivity index is 1.61. The van der Waals surface area contributed by atoms with E-state index in [1.165, 1.54) is 43.2 Å². The molecule has 110 valence electrons. The Bertz CT molecular complexity index is 425. The summed E-state index contributed by atoms with van der Waals surface area (Å²) in [5, 5.41) is 3.61. The maximum absolute atomic E-state index is 6.33. The van der Waals surface area contributed by atoms with Crippen LogP contribution in [-0.2, 0) is 11.2 Å². The molecule has 2 aliphatic rings. The highest BCUT2D eigenvalue weighted by Gasteiger charge is 2.32. The van der Waals surface area contributed by atoms with Gasteiger partial charge in [-0.05, 0) is 36.4 Å². The normalized spacial score (nSPS) is 26.6. The van der Waals surface area contributed by atoms with Gasteiger partial charge in [0.25, 0.3) is 0 Å². The average molecular weight is 273 g/mol. The van der Waals surface area contributed by atoms with Gasteiger partial charge in [-0.3, -0.25) is 0 Å². The standard InChI is InChI=1S/C18H27NO/c1-2-19-18-16-11-7-6-10-15(16)12-17(18)20-13-14-8-4-3-5-9-14/h6-7,10-11,14,17-19H,2-5,8-9,12-13H2,1H3. The molecule has 1 saturated carbocycles. The fourth-order valence-corrected chi connectivity index (χ4v) is 3.79. The van der Waals surface area contributed by atoms with Crippen LogP contribution in [0, 0.1) is 5.92 Å². The molecule has 0 aromatic heterocycles. The zero-order valence-corrected chi connectivity index (χ0v) is 12.6. The molecule has 0 spiro atoms. The summed E-state index contributed by atoms with van der Waals surface area (Å²) in [6.07, 6.45) is 8.35. The minimum atomic E-state index is 0.328. The maximum atomic E-state index is 6.33. The molecule has 0 amide bonds. The van der Waals surface area contributed by atoms with Crippen molar-refractivity contribution >= 4 is 0 Å². The summed E-state index contributed by atoms with van der Waals surface area (Å²) in [6.45, 7) is 4.14. The summed E-state index contributed by atoms with van der Waals surface area (Å²) in [4.78, 5) is 0. The van der Waals surface area contributed by atoms with Gasteiger partial charge in [-0.2, -0.15) is 0 Å². The zero-order valence-electron chi connectivity index (χ0n) is 12.6. The van der Waals surface area contributed by atoms with Crippen LogP contribution in [0.15, 0.2) is 24.3 Å². The molecule has 1 fully saturated rings. The molecule has 2 aliphatic carbocycles. The summed E-state index contributed by atoms with van der Waals surface area (Å²) < 4.78 is 6.33. The third-order valence-corrected chi connectivity index (χ3v) is 4.88. The van der Waals surface area contributed by atoms with Crippen molar-refractivity contribution in [2.45, 2.75) is 57.6 Å². The van der Waals surface area contributed by atoms with Crippen LogP contribution in [0.25, 0.3) is 0 Å². The van der Waals surface area contributed by atoms with Gasteiger partial charge in [0, 0.05) is 13.0 Å². The van der Waals surface area contributed by atoms with Gasteiger partial charge in [0.15, 0.2) is 0 Å². The van der Waals surface area contributed by atoms with E-state index in [4.69, 9.17) is 4.74 Å². The van der Waals surface area contributed by atoms with Gasteiger partial charge < -0.3 is 10.1 Å². The fraction of sp³-hybridized carbons (Fsp3) is 0.667. The lowest BCUT2D eigenvalue weighted by Crippen LogP contribution is -2.32. The van der Waals surface area contributed by atoms with E-state index in [0.717, 1.165) is 25.5 Å². The van der Waals surface area contributed by atoms with Crippen LogP contribution in [-0.4, -0.2) is 19.3 Å². The van der Waals surface area contributed by atoms with Crippen LogP contribution < -0.4 is 5.32 Å². The molecule has 2 unspecified atom stereocenters. The van der Waals surface area contributed by atoms with Gasteiger partial charge in [-0.15, -0.1) is 0 Å². The zero-order chi connectivity index (χ0) is 13.8. The molecule has 2 heteroatoms. The Morgan fingerprint density at radius 1 is 1.15 bits per heavy atom. The van der Waals surface area contributed by atoms with Crippen LogP contribution in [0.3, 0.4) is 0 Å². The quantitative estimate of drug-likeness (QED) is 0.879. The highest BCUT2D eigenvalue weighted by Crippen LogP contribution is 2.34. The molecular formula is C18H27NO.